The van der Waals surface area contributed by atoms with Crippen LogP contribution >= 0.6 is 11.6 Å². The van der Waals surface area contributed by atoms with E-state index in [0.717, 1.165) is 25.4 Å². The van der Waals surface area contributed by atoms with Crippen LogP contribution in [-0.4, -0.2) is 38.2 Å². The number of likely N-dealkylation sites (N-methyl/N-ethyl adjacent to an activating group) is 1. The number of benzene rings is 1. The average molecular weight is 255 g/mol. The van der Waals surface area contributed by atoms with Gasteiger partial charge in [0.15, 0.2) is 0 Å². The number of rotatable bonds is 4. The molecule has 1 fully saturated rings. The van der Waals surface area contributed by atoms with E-state index in [1.165, 1.54) is 11.1 Å². The third-order valence-electron chi connectivity index (χ3n) is 3.41. The van der Waals surface area contributed by atoms with E-state index < -0.39 is 0 Å². The number of ether oxygens (including phenoxy) is 1. The molecule has 0 saturated carbocycles. The van der Waals surface area contributed by atoms with Crippen molar-refractivity contribution in [3.63, 3.8) is 0 Å². The monoisotopic (exact) mass is 254 g/mol. The van der Waals surface area contributed by atoms with Crippen LogP contribution in [-0.2, 0) is 6.54 Å². The van der Waals surface area contributed by atoms with Crippen molar-refractivity contribution in [2.45, 2.75) is 19.5 Å². The van der Waals surface area contributed by atoms with Crippen LogP contribution in [0.3, 0.4) is 0 Å². The predicted octanol–water partition coefficient (Wildman–Crippen LogP) is 2.06. The molecule has 2 rings (SSSR count). The first-order valence-corrected chi connectivity index (χ1v) is 6.23. The SMILES string of the molecule is COc1cc(C)c(CN(C)C2CNC2)cc1Cl. The van der Waals surface area contributed by atoms with Crippen molar-refractivity contribution < 1.29 is 4.74 Å². The molecule has 0 aliphatic carbocycles. The fourth-order valence-corrected chi connectivity index (χ4v) is 2.27. The fourth-order valence-electron chi connectivity index (χ4n) is 2.01. The number of methoxy groups -OCH3 is 1. The summed E-state index contributed by atoms with van der Waals surface area (Å²) in [5, 5.41) is 3.97. The second-order valence-corrected chi connectivity index (χ2v) is 5.05. The van der Waals surface area contributed by atoms with Gasteiger partial charge in [0.25, 0.3) is 0 Å². The van der Waals surface area contributed by atoms with Gasteiger partial charge in [-0.1, -0.05) is 11.6 Å². The van der Waals surface area contributed by atoms with Crippen LogP contribution in [0.25, 0.3) is 0 Å². The molecule has 1 heterocycles. The van der Waals surface area contributed by atoms with Crippen molar-refractivity contribution in [2.24, 2.45) is 0 Å². The highest BCUT2D eigenvalue weighted by Gasteiger charge is 2.21. The van der Waals surface area contributed by atoms with E-state index in [0.29, 0.717) is 11.1 Å². The van der Waals surface area contributed by atoms with Gasteiger partial charge < -0.3 is 10.1 Å². The van der Waals surface area contributed by atoms with Gasteiger partial charge in [-0.3, -0.25) is 4.90 Å². The highest BCUT2D eigenvalue weighted by molar-refractivity contribution is 6.32. The molecule has 0 atom stereocenters. The molecule has 0 radical (unpaired) electrons. The zero-order chi connectivity index (χ0) is 12.4. The smallest absolute Gasteiger partial charge is 0.137 e. The van der Waals surface area contributed by atoms with Gasteiger partial charge >= 0.3 is 0 Å². The molecule has 0 aromatic heterocycles. The molecule has 3 nitrogen and oxygen atoms in total. The molecule has 0 spiro atoms. The Hall–Kier alpha value is -0.770. The van der Waals surface area contributed by atoms with E-state index in [-0.39, 0.29) is 0 Å². The number of aryl methyl sites for hydroxylation is 1. The zero-order valence-corrected chi connectivity index (χ0v) is 11.3. The van der Waals surface area contributed by atoms with E-state index in [4.69, 9.17) is 16.3 Å². The van der Waals surface area contributed by atoms with Crippen LogP contribution in [0.2, 0.25) is 5.02 Å². The summed E-state index contributed by atoms with van der Waals surface area (Å²) in [5.41, 5.74) is 2.50. The van der Waals surface area contributed by atoms with Gasteiger partial charge in [0.1, 0.15) is 5.75 Å². The average Bonchev–Trinajstić information content (AvgIpc) is 2.20. The maximum absolute atomic E-state index is 6.16. The molecular weight excluding hydrogens is 236 g/mol. The minimum atomic E-state index is 0.648. The van der Waals surface area contributed by atoms with Crippen molar-refractivity contribution in [1.82, 2.24) is 10.2 Å². The zero-order valence-electron chi connectivity index (χ0n) is 10.6. The van der Waals surface area contributed by atoms with Gasteiger partial charge in [-0.2, -0.15) is 0 Å². The summed E-state index contributed by atoms with van der Waals surface area (Å²) in [4.78, 5) is 2.36. The Morgan fingerprint density at radius 1 is 1.47 bits per heavy atom. The van der Waals surface area contributed by atoms with Crippen molar-refractivity contribution in [3.8, 4) is 5.75 Å². The minimum absolute atomic E-state index is 0.648. The lowest BCUT2D eigenvalue weighted by molar-refractivity contribution is 0.173. The summed E-state index contributed by atoms with van der Waals surface area (Å²) in [7, 11) is 3.80. The lowest BCUT2D eigenvalue weighted by Gasteiger charge is -2.36. The lowest BCUT2D eigenvalue weighted by atomic mass is 10.1. The predicted molar refractivity (Wildman–Crippen MR) is 70.9 cm³/mol. The van der Waals surface area contributed by atoms with Crippen LogP contribution in [0.4, 0.5) is 0 Å². The molecule has 94 valence electrons. The first-order chi connectivity index (χ1) is 8.11. The van der Waals surface area contributed by atoms with Crippen molar-refractivity contribution in [1.29, 1.82) is 0 Å². The molecule has 1 aromatic carbocycles. The Morgan fingerprint density at radius 3 is 2.71 bits per heavy atom. The summed E-state index contributed by atoms with van der Waals surface area (Å²) in [6.07, 6.45) is 0. The van der Waals surface area contributed by atoms with E-state index in [1.54, 1.807) is 7.11 Å². The van der Waals surface area contributed by atoms with Crippen LogP contribution in [0.1, 0.15) is 11.1 Å². The molecule has 1 aliphatic heterocycles. The van der Waals surface area contributed by atoms with Gasteiger partial charge in [-0.05, 0) is 37.2 Å². The van der Waals surface area contributed by atoms with Crippen molar-refractivity contribution >= 4 is 11.6 Å². The van der Waals surface area contributed by atoms with Gasteiger partial charge in [-0.25, -0.2) is 0 Å². The minimum Gasteiger partial charge on any atom is -0.495 e. The highest BCUT2D eigenvalue weighted by atomic mass is 35.5. The maximum atomic E-state index is 6.16. The van der Waals surface area contributed by atoms with Gasteiger partial charge in [0, 0.05) is 25.7 Å². The van der Waals surface area contributed by atoms with Crippen LogP contribution in [0.5, 0.6) is 5.75 Å². The molecule has 0 amide bonds. The summed E-state index contributed by atoms with van der Waals surface area (Å²) in [5.74, 6) is 0.751. The highest BCUT2D eigenvalue weighted by Crippen LogP contribution is 2.28. The Bertz CT molecular complexity index is 405. The van der Waals surface area contributed by atoms with Crippen LogP contribution in [0.15, 0.2) is 12.1 Å². The molecule has 1 aliphatic rings. The topological polar surface area (TPSA) is 24.5 Å². The number of nitrogens with zero attached hydrogens (tertiary/aromatic N) is 1. The first kappa shape index (κ1) is 12.7. The van der Waals surface area contributed by atoms with Crippen LogP contribution < -0.4 is 10.1 Å². The molecule has 0 bridgehead atoms. The summed E-state index contributed by atoms with van der Waals surface area (Å²) in [6.45, 7) is 5.20. The van der Waals surface area contributed by atoms with Crippen molar-refractivity contribution in [3.05, 3.63) is 28.3 Å². The third kappa shape index (κ3) is 2.73. The van der Waals surface area contributed by atoms with E-state index in [1.807, 2.05) is 12.1 Å². The standard InChI is InChI=1S/C13H19ClN2O/c1-9-4-13(17-3)12(14)5-10(9)8-16(2)11-6-15-7-11/h4-5,11,15H,6-8H2,1-3H3. The molecule has 1 aromatic rings. The number of halogens is 1. The summed E-state index contributed by atoms with van der Waals surface area (Å²) in [6, 6.07) is 4.67. The second-order valence-electron chi connectivity index (χ2n) is 4.64. The Labute approximate surface area is 108 Å². The fraction of sp³-hybridized carbons (Fsp3) is 0.538. The normalized spacial score (nSPS) is 16.1. The molecule has 1 N–H and O–H groups in total. The first-order valence-electron chi connectivity index (χ1n) is 5.85. The second kappa shape index (κ2) is 5.25. The molecule has 4 heteroatoms. The quantitative estimate of drug-likeness (QED) is 0.890. The van der Waals surface area contributed by atoms with Crippen molar-refractivity contribution in [2.75, 3.05) is 27.2 Å². The number of nitrogens with one attached hydrogen (secondary N) is 1. The van der Waals surface area contributed by atoms with E-state index in [9.17, 15) is 0 Å². The molecule has 1 saturated heterocycles. The molecule has 0 unspecified atom stereocenters. The number of hydrogen-bond donors (Lipinski definition) is 1. The maximum Gasteiger partial charge on any atom is 0.137 e. The summed E-state index contributed by atoms with van der Waals surface area (Å²) < 4.78 is 5.21. The largest absolute Gasteiger partial charge is 0.495 e. The Balaban J connectivity index is 2.12. The Morgan fingerprint density at radius 2 is 2.18 bits per heavy atom. The van der Waals surface area contributed by atoms with Gasteiger partial charge in [-0.15, -0.1) is 0 Å². The van der Waals surface area contributed by atoms with E-state index in [2.05, 4.69) is 24.2 Å². The van der Waals surface area contributed by atoms with Gasteiger partial charge in [0.2, 0.25) is 0 Å². The van der Waals surface area contributed by atoms with Gasteiger partial charge in [0.05, 0.1) is 12.1 Å². The summed E-state index contributed by atoms with van der Waals surface area (Å²) >= 11 is 6.16. The Kier molecular flexibility index (Phi) is 3.92. The molecule has 17 heavy (non-hydrogen) atoms. The molecular formula is C13H19ClN2O. The number of hydrogen-bond acceptors (Lipinski definition) is 3. The van der Waals surface area contributed by atoms with E-state index >= 15 is 0 Å². The van der Waals surface area contributed by atoms with Crippen LogP contribution in [0, 0.1) is 6.92 Å². The third-order valence-corrected chi connectivity index (χ3v) is 3.71. The lowest BCUT2D eigenvalue weighted by Crippen LogP contribution is -2.55.